The molecule has 0 bridgehead atoms. The Morgan fingerprint density at radius 3 is 2.62 bits per heavy atom. The van der Waals surface area contributed by atoms with E-state index < -0.39 is 0 Å². The minimum atomic E-state index is 0.104. The van der Waals surface area contributed by atoms with Gasteiger partial charge in [-0.15, -0.1) is 0 Å². The molecule has 5 heteroatoms. The van der Waals surface area contributed by atoms with Gasteiger partial charge in [-0.05, 0) is 65.4 Å². The number of nitrogens with zero attached hydrogens (tertiary/aromatic N) is 2. The van der Waals surface area contributed by atoms with E-state index >= 15 is 0 Å². The van der Waals surface area contributed by atoms with Crippen LogP contribution in [0.2, 0.25) is 0 Å². The SMILES string of the molecule is CC1(C)CC(CC(=O)N2CCCC(c3ccn[nH]3)C2)CC(C)(C)N1. The van der Waals surface area contributed by atoms with E-state index in [1.165, 1.54) is 0 Å². The number of hydrogen-bond acceptors (Lipinski definition) is 3. The average Bonchev–Trinajstić information content (AvgIpc) is 2.98. The molecule has 2 N–H and O–H groups in total. The number of rotatable bonds is 3. The molecule has 1 amide bonds. The number of nitrogens with one attached hydrogen (secondary N) is 2. The fourth-order valence-electron chi connectivity index (χ4n) is 5.01. The molecule has 2 saturated heterocycles. The van der Waals surface area contributed by atoms with Crippen molar-refractivity contribution in [1.82, 2.24) is 20.4 Å². The molecule has 3 rings (SSSR count). The van der Waals surface area contributed by atoms with Crippen molar-refractivity contribution in [1.29, 1.82) is 0 Å². The van der Waals surface area contributed by atoms with Gasteiger partial charge in [0, 0.05) is 48.4 Å². The van der Waals surface area contributed by atoms with Crippen LogP contribution in [0.25, 0.3) is 0 Å². The molecule has 1 unspecified atom stereocenters. The predicted molar refractivity (Wildman–Crippen MR) is 95.8 cm³/mol. The Bertz CT molecular complexity index is 548. The van der Waals surface area contributed by atoms with Crippen molar-refractivity contribution in [2.24, 2.45) is 5.92 Å². The van der Waals surface area contributed by atoms with Crippen molar-refractivity contribution in [2.45, 2.75) is 76.8 Å². The Balaban J connectivity index is 1.60. The molecule has 0 spiro atoms. The summed E-state index contributed by atoms with van der Waals surface area (Å²) in [5, 5.41) is 10.8. The normalized spacial score (nSPS) is 27.2. The van der Waals surface area contributed by atoms with Crippen molar-refractivity contribution in [3.63, 3.8) is 0 Å². The second-order valence-corrected chi connectivity index (χ2v) is 9.06. The number of hydrogen-bond donors (Lipinski definition) is 2. The van der Waals surface area contributed by atoms with Gasteiger partial charge in [-0.2, -0.15) is 5.10 Å². The summed E-state index contributed by atoms with van der Waals surface area (Å²) in [7, 11) is 0. The molecule has 5 nitrogen and oxygen atoms in total. The van der Waals surface area contributed by atoms with Gasteiger partial charge in [-0.25, -0.2) is 0 Å². The second-order valence-electron chi connectivity index (χ2n) is 9.06. The first-order chi connectivity index (χ1) is 11.2. The van der Waals surface area contributed by atoms with Gasteiger partial charge in [0.05, 0.1) is 0 Å². The molecular formula is C19H32N4O. The van der Waals surface area contributed by atoms with Gasteiger partial charge in [-0.3, -0.25) is 9.89 Å². The summed E-state index contributed by atoms with van der Waals surface area (Å²) >= 11 is 0. The van der Waals surface area contributed by atoms with Crippen LogP contribution in [0, 0.1) is 5.92 Å². The highest BCUT2D eigenvalue weighted by atomic mass is 16.2. The summed E-state index contributed by atoms with van der Waals surface area (Å²) < 4.78 is 0. The highest BCUT2D eigenvalue weighted by molar-refractivity contribution is 5.76. The number of likely N-dealkylation sites (tertiary alicyclic amines) is 1. The number of H-pyrrole nitrogens is 1. The third-order valence-electron chi connectivity index (χ3n) is 5.47. The van der Waals surface area contributed by atoms with E-state index in [1.54, 1.807) is 6.20 Å². The van der Waals surface area contributed by atoms with E-state index in [-0.39, 0.29) is 11.1 Å². The van der Waals surface area contributed by atoms with E-state index in [1.807, 2.05) is 6.07 Å². The van der Waals surface area contributed by atoms with Crippen molar-refractivity contribution >= 4 is 5.91 Å². The van der Waals surface area contributed by atoms with Gasteiger partial charge in [0.15, 0.2) is 0 Å². The largest absolute Gasteiger partial charge is 0.342 e. The molecule has 2 aliphatic rings. The Kier molecular flexibility index (Phi) is 4.73. The fraction of sp³-hybridized carbons (Fsp3) is 0.789. The van der Waals surface area contributed by atoms with Gasteiger partial charge in [0.1, 0.15) is 0 Å². The lowest BCUT2D eigenvalue weighted by Crippen LogP contribution is -2.58. The number of carbonyl (C=O) groups is 1. The standard InChI is InChI=1S/C19H32N4O/c1-18(2)11-14(12-19(3,4)22-18)10-17(24)23-9-5-6-15(13-23)16-7-8-20-21-16/h7-8,14-15,22H,5-6,9-13H2,1-4H3,(H,20,21). The summed E-state index contributed by atoms with van der Waals surface area (Å²) in [6, 6.07) is 2.04. The van der Waals surface area contributed by atoms with E-state index in [0.717, 1.165) is 44.5 Å². The van der Waals surface area contributed by atoms with Crippen LogP contribution in [0.15, 0.2) is 12.3 Å². The third-order valence-corrected chi connectivity index (χ3v) is 5.47. The average molecular weight is 332 g/mol. The summed E-state index contributed by atoms with van der Waals surface area (Å²) in [4.78, 5) is 15.0. The van der Waals surface area contributed by atoms with Crippen LogP contribution in [0.4, 0.5) is 0 Å². The molecule has 134 valence electrons. The van der Waals surface area contributed by atoms with Crippen molar-refractivity contribution in [2.75, 3.05) is 13.1 Å². The van der Waals surface area contributed by atoms with Gasteiger partial charge in [0.2, 0.25) is 5.91 Å². The molecule has 3 heterocycles. The van der Waals surface area contributed by atoms with Gasteiger partial charge in [-0.1, -0.05) is 0 Å². The van der Waals surface area contributed by atoms with Crippen molar-refractivity contribution < 1.29 is 4.79 Å². The molecule has 2 fully saturated rings. The Labute approximate surface area is 145 Å². The van der Waals surface area contributed by atoms with Crippen LogP contribution < -0.4 is 5.32 Å². The van der Waals surface area contributed by atoms with Crippen LogP contribution >= 0.6 is 0 Å². The quantitative estimate of drug-likeness (QED) is 0.894. The smallest absolute Gasteiger partial charge is 0.222 e. The van der Waals surface area contributed by atoms with Crippen LogP contribution in [-0.2, 0) is 4.79 Å². The zero-order chi connectivity index (χ0) is 17.4. The van der Waals surface area contributed by atoms with Crippen LogP contribution in [0.3, 0.4) is 0 Å². The first-order valence-electron chi connectivity index (χ1n) is 9.30. The lowest BCUT2D eigenvalue weighted by molar-refractivity contribution is -0.134. The highest BCUT2D eigenvalue weighted by Crippen LogP contribution is 2.35. The zero-order valence-electron chi connectivity index (χ0n) is 15.6. The van der Waals surface area contributed by atoms with Gasteiger partial charge >= 0.3 is 0 Å². The molecule has 24 heavy (non-hydrogen) atoms. The first-order valence-corrected chi connectivity index (χ1v) is 9.30. The molecular weight excluding hydrogens is 300 g/mol. The number of amides is 1. The summed E-state index contributed by atoms with van der Waals surface area (Å²) in [5.74, 6) is 1.21. The van der Waals surface area contributed by atoms with E-state index in [4.69, 9.17) is 0 Å². The first kappa shape index (κ1) is 17.5. The van der Waals surface area contributed by atoms with E-state index in [2.05, 4.69) is 48.1 Å². The molecule has 0 saturated carbocycles. The van der Waals surface area contributed by atoms with Crippen LogP contribution in [-0.4, -0.2) is 45.2 Å². The van der Waals surface area contributed by atoms with E-state index in [0.29, 0.717) is 24.2 Å². The zero-order valence-corrected chi connectivity index (χ0v) is 15.6. The molecule has 0 aliphatic carbocycles. The molecule has 0 aromatic carbocycles. The minimum Gasteiger partial charge on any atom is -0.342 e. The third kappa shape index (κ3) is 4.18. The van der Waals surface area contributed by atoms with Crippen LogP contribution in [0.5, 0.6) is 0 Å². The monoisotopic (exact) mass is 332 g/mol. The van der Waals surface area contributed by atoms with Gasteiger partial charge < -0.3 is 10.2 Å². The van der Waals surface area contributed by atoms with Gasteiger partial charge in [0.25, 0.3) is 0 Å². The van der Waals surface area contributed by atoms with Crippen molar-refractivity contribution in [3.8, 4) is 0 Å². The number of aromatic amines is 1. The highest BCUT2D eigenvalue weighted by Gasteiger charge is 2.39. The second kappa shape index (κ2) is 6.51. The molecule has 1 atom stereocenters. The maximum Gasteiger partial charge on any atom is 0.222 e. The number of piperidine rings is 2. The maximum absolute atomic E-state index is 12.9. The maximum atomic E-state index is 12.9. The summed E-state index contributed by atoms with van der Waals surface area (Å²) in [6.45, 7) is 10.7. The lowest BCUT2D eigenvalue weighted by Gasteiger charge is -2.47. The minimum absolute atomic E-state index is 0.104. The predicted octanol–water partition coefficient (Wildman–Crippen LogP) is 3.06. The molecule has 0 radical (unpaired) electrons. The topological polar surface area (TPSA) is 61.0 Å². The number of carbonyl (C=O) groups excluding carboxylic acids is 1. The van der Waals surface area contributed by atoms with Crippen LogP contribution in [0.1, 0.15) is 71.4 Å². The molecule has 2 aliphatic heterocycles. The Hall–Kier alpha value is -1.36. The number of aromatic nitrogens is 2. The fourth-order valence-corrected chi connectivity index (χ4v) is 5.01. The lowest BCUT2D eigenvalue weighted by atomic mass is 9.74. The Morgan fingerprint density at radius 2 is 2.00 bits per heavy atom. The van der Waals surface area contributed by atoms with Crippen molar-refractivity contribution in [3.05, 3.63) is 18.0 Å². The summed E-state index contributed by atoms with van der Waals surface area (Å²) in [5.41, 5.74) is 1.37. The van der Waals surface area contributed by atoms with E-state index in [9.17, 15) is 4.79 Å². The Morgan fingerprint density at radius 1 is 1.29 bits per heavy atom. The summed E-state index contributed by atoms with van der Waals surface area (Å²) in [6.07, 6.45) is 6.84. The molecule has 1 aromatic heterocycles. The molecule has 1 aromatic rings.